The van der Waals surface area contributed by atoms with Gasteiger partial charge in [-0.1, -0.05) is 18.2 Å². The first-order valence-electron chi connectivity index (χ1n) is 7.13. The van der Waals surface area contributed by atoms with Crippen molar-refractivity contribution < 1.29 is 14.3 Å². The van der Waals surface area contributed by atoms with Crippen LogP contribution in [0.2, 0.25) is 0 Å². The van der Waals surface area contributed by atoms with Gasteiger partial charge in [0.25, 0.3) is 5.91 Å². The molecule has 0 aliphatic carbocycles. The highest BCUT2D eigenvalue weighted by Gasteiger charge is 2.26. The first kappa shape index (κ1) is 14.1. The van der Waals surface area contributed by atoms with Gasteiger partial charge in [-0.05, 0) is 37.3 Å². The number of amides is 1. The van der Waals surface area contributed by atoms with Gasteiger partial charge < -0.3 is 9.64 Å². The Labute approximate surface area is 127 Å². The highest BCUT2D eigenvalue weighted by atomic mass is 32.1. The van der Waals surface area contributed by atoms with Crippen molar-refractivity contribution in [3.8, 4) is 0 Å². The molecule has 0 radical (unpaired) electrons. The molecule has 110 valence electrons. The number of ether oxygens (including phenoxy) is 1. The molecule has 1 aliphatic heterocycles. The highest BCUT2D eigenvalue weighted by molar-refractivity contribution is 7.20. The fourth-order valence-corrected chi connectivity index (χ4v) is 3.49. The van der Waals surface area contributed by atoms with Gasteiger partial charge in [-0.15, -0.1) is 11.3 Å². The minimum atomic E-state index is -0.721. The molecule has 0 spiro atoms. The predicted octanol–water partition coefficient (Wildman–Crippen LogP) is 3.07. The number of esters is 1. The molecule has 0 N–H and O–H groups in total. The smallest absolute Gasteiger partial charge is 0.349 e. The number of hydrogen-bond acceptors (Lipinski definition) is 4. The summed E-state index contributed by atoms with van der Waals surface area (Å²) in [5, 5.41) is 1.02. The molecule has 1 aromatic heterocycles. The summed E-state index contributed by atoms with van der Waals surface area (Å²) >= 11 is 1.39. The van der Waals surface area contributed by atoms with Crippen LogP contribution in [0.4, 0.5) is 0 Å². The number of fused-ring (bicyclic) bond motifs is 1. The first-order chi connectivity index (χ1) is 10.1. The van der Waals surface area contributed by atoms with Gasteiger partial charge in [0.05, 0.1) is 0 Å². The molecule has 1 aliphatic rings. The van der Waals surface area contributed by atoms with E-state index in [1.165, 1.54) is 11.3 Å². The first-order valence-corrected chi connectivity index (χ1v) is 7.95. The minimum absolute atomic E-state index is 0.0954. The third-order valence-corrected chi connectivity index (χ3v) is 4.77. The van der Waals surface area contributed by atoms with E-state index in [0.717, 1.165) is 36.0 Å². The Balaban J connectivity index is 1.68. The fraction of sp³-hybridized carbons (Fsp3) is 0.375. The van der Waals surface area contributed by atoms with Crippen LogP contribution < -0.4 is 0 Å². The van der Waals surface area contributed by atoms with E-state index in [9.17, 15) is 9.59 Å². The summed E-state index contributed by atoms with van der Waals surface area (Å²) in [7, 11) is 0. The zero-order valence-corrected chi connectivity index (χ0v) is 12.7. The van der Waals surface area contributed by atoms with Crippen molar-refractivity contribution >= 4 is 33.3 Å². The van der Waals surface area contributed by atoms with Crippen molar-refractivity contribution in [2.24, 2.45) is 0 Å². The molecule has 1 amide bonds. The summed E-state index contributed by atoms with van der Waals surface area (Å²) in [5.74, 6) is -0.516. The third kappa shape index (κ3) is 2.93. The molecule has 0 bridgehead atoms. The summed E-state index contributed by atoms with van der Waals surface area (Å²) in [6.45, 7) is 3.18. The minimum Gasteiger partial charge on any atom is -0.448 e. The Morgan fingerprint density at radius 2 is 1.95 bits per heavy atom. The van der Waals surface area contributed by atoms with Crippen molar-refractivity contribution in [1.29, 1.82) is 0 Å². The molecule has 3 rings (SSSR count). The van der Waals surface area contributed by atoms with E-state index >= 15 is 0 Å². The number of thiophene rings is 1. The second-order valence-electron chi connectivity index (χ2n) is 5.23. The number of carbonyl (C=O) groups is 2. The molecule has 2 heterocycles. The molecule has 4 nitrogen and oxygen atoms in total. The lowest BCUT2D eigenvalue weighted by Gasteiger charge is -2.20. The van der Waals surface area contributed by atoms with Crippen LogP contribution in [0.1, 0.15) is 29.4 Å². The van der Waals surface area contributed by atoms with Gasteiger partial charge in [-0.3, -0.25) is 4.79 Å². The number of hydrogen-bond donors (Lipinski definition) is 0. The Kier molecular flexibility index (Phi) is 3.92. The number of likely N-dealkylation sites (tertiary alicyclic amines) is 1. The zero-order valence-electron chi connectivity index (χ0n) is 11.9. The van der Waals surface area contributed by atoms with Crippen molar-refractivity contribution in [2.75, 3.05) is 13.1 Å². The quantitative estimate of drug-likeness (QED) is 0.819. The molecule has 1 atom stereocenters. The summed E-state index contributed by atoms with van der Waals surface area (Å²) < 4.78 is 6.36. The van der Waals surface area contributed by atoms with Gasteiger partial charge in [0.1, 0.15) is 4.88 Å². The Bertz CT molecular complexity index is 640. The number of carbonyl (C=O) groups excluding carboxylic acids is 2. The van der Waals surface area contributed by atoms with E-state index < -0.39 is 12.1 Å². The Hall–Kier alpha value is -1.88. The molecular weight excluding hydrogens is 286 g/mol. The number of benzene rings is 1. The fourth-order valence-electron chi connectivity index (χ4n) is 2.55. The molecule has 5 heteroatoms. The molecule has 1 aromatic carbocycles. The van der Waals surface area contributed by atoms with Crippen molar-refractivity contribution in [1.82, 2.24) is 4.90 Å². The lowest BCUT2D eigenvalue weighted by molar-refractivity contribution is -0.138. The van der Waals surface area contributed by atoms with E-state index in [1.807, 2.05) is 30.3 Å². The number of rotatable bonds is 3. The SMILES string of the molecule is C[C@H](OC(=O)c1cc2ccccc2s1)C(=O)N1CCCC1. The van der Waals surface area contributed by atoms with Gasteiger partial charge in [-0.25, -0.2) is 4.79 Å². The van der Waals surface area contributed by atoms with Crippen molar-refractivity contribution in [3.63, 3.8) is 0 Å². The van der Waals surface area contributed by atoms with Gasteiger partial charge in [0.2, 0.25) is 0 Å². The molecule has 2 aromatic rings. The zero-order chi connectivity index (χ0) is 14.8. The van der Waals surface area contributed by atoms with E-state index in [4.69, 9.17) is 4.74 Å². The van der Waals surface area contributed by atoms with Gasteiger partial charge in [0, 0.05) is 17.8 Å². The molecule has 21 heavy (non-hydrogen) atoms. The molecule has 1 fully saturated rings. The second-order valence-corrected chi connectivity index (χ2v) is 6.31. The van der Waals surface area contributed by atoms with E-state index in [1.54, 1.807) is 11.8 Å². The van der Waals surface area contributed by atoms with Crippen molar-refractivity contribution in [3.05, 3.63) is 35.2 Å². The lowest BCUT2D eigenvalue weighted by atomic mass is 10.2. The molecule has 0 unspecified atom stereocenters. The maximum absolute atomic E-state index is 12.2. The van der Waals surface area contributed by atoms with Crippen LogP contribution in [0.25, 0.3) is 10.1 Å². The topological polar surface area (TPSA) is 46.6 Å². The second kappa shape index (κ2) is 5.85. The summed E-state index contributed by atoms with van der Waals surface area (Å²) in [6.07, 6.45) is 1.34. The third-order valence-electron chi connectivity index (χ3n) is 3.68. The van der Waals surface area contributed by atoms with Crippen LogP contribution in [0.5, 0.6) is 0 Å². The van der Waals surface area contributed by atoms with Crippen molar-refractivity contribution in [2.45, 2.75) is 25.9 Å². The van der Waals surface area contributed by atoms with Crippen LogP contribution in [0.15, 0.2) is 30.3 Å². The Morgan fingerprint density at radius 3 is 2.67 bits per heavy atom. The number of nitrogens with zero attached hydrogens (tertiary/aromatic N) is 1. The molecule has 0 saturated carbocycles. The van der Waals surface area contributed by atoms with Crippen LogP contribution in [0.3, 0.4) is 0 Å². The van der Waals surface area contributed by atoms with Crippen LogP contribution in [0, 0.1) is 0 Å². The summed E-state index contributed by atoms with van der Waals surface area (Å²) in [6, 6.07) is 9.61. The summed E-state index contributed by atoms with van der Waals surface area (Å²) in [4.78, 5) is 26.6. The van der Waals surface area contributed by atoms with Gasteiger partial charge in [0.15, 0.2) is 6.10 Å². The van der Waals surface area contributed by atoms with Gasteiger partial charge >= 0.3 is 5.97 Å². The average Bonchev–Trinajstić information content (AvgIpc) is 3.15. The maximum Gasteiger partial charge on any atom is 0.349 e. The Morgan fingerprint density at radius 1 is 1.24 bits per heavy atom. The normalized spacial score (nSPS) is 16.1. The highest BCUT2D eigenvalue weighted by Crippen LogP contribution is 2.26. The average molecular weight is 303 g/mol. The van der Waals surface area contributed by atoms with Gasteiger partial charge in [-0.2, -0.15) is 0 Å². The maximum atomic E-state index is 12.2. The monoisotopic (exact) mass is 303 g/mol. The van der Waals surface area contributed by atoms with E-state index in [-0.39, 0.29) is 5.91 Å². The van der Waals surface area contributed by atoms with Crippen LogP contribution >= 0.6 is 11.3 Å². The van der Waals surface area contributed by atoms with E-state index in [0.29, 0.717) is 4.88 Å². The standard InChI is InChI=1S/C16H17NO3S/c1-11(15(18)17-8-4-5-9-17)20-16(19)14-10-12-6-2-3-7-13(12)21-14/h2-3,6-7,10-11H,4-5,8-9H2,1H3/t11-/m0/s1. The molecule has 1 saturated heterocycles. The van der Waals surface area contributed by atoms with Crippen LogP contribution in [-0.4, -0.2) is 36.0 Å². The van der Waals surface area contributed by atoms with E-state index in [2.05, 4.69) is 0 Å². The lowest BCUT2D eigenvalue weighted by Crippen LogP contribution is -2.38. The predicted molar refractivity (Wildman–Crippen MR) is 82.5 cm³/mol. The largest absolute Gasteiger partial charge is 0.448 e. The summed E-state index contributed by atoms with van der Waals surface area (Å²) in [5.41, 5.74) is 0. The van der Waals surface area contributed by atoms with Crippen LogP contribution in [-0.2, 0) is 9.53 Å². The molecular formula is C16H17NO3S.